The van der Waals surface area contributed by atoms with Crippen LogP contribution in [-0.2, 0) is 27.9 Å². The van der Waals surface area contributed by atoms with Crippen molar-refractivity contribution in [2.75, 3.05) is 0 Å². The molecular formula is C11H13BrN2O3S. The van der Waals surface area contributed by atoms with E-state index in [0.717, 1.165) is 15.6 Å². The number of carbonyl (C=O) groups is 1. The lowest BCUT2D eigenvalue weighted by molar-refractivity contribution is -0.131. The number of hydrogen-bond acceptors (Lipinski definition) is 3. The van der Waals surface area contributed by atoms with Crippen molar-refractivity contribution in [1.29, 1.82) is 0 Å². The van der Waals surface area contributed by atoms with Crippen LogP contribution in [0.4, 0.5) is 0 Å². The van der Waals surface area contributed by atoms with Crippen LogP contribution >= 0.6 is 15.9 Å². The lowest BCUT2D eigenvalue weighted by Gasteiger charge is -2.18. The topological polar surface area (TPSA) is 80.5 Å². The van der Waals surface area contributed by atoms with E-state index in [1.165, 1.54) is 11.8 Å². The first-order chi connectivity index (χ1) is 8.29. The molecule has 1 aromatic carbocycles. The molecule has 0 aliphatic carbocycles. The average Bonchev–Trinajstić information content (AvgIpc) is 2.68. The number of carbonyl (C=O) groups excluding carboxylic acids is 1. The van der Waals surface area contributed by atoms with Crippen molar-refractivity contribution >= 4 is 31.9 Å². The number of sulfonamides is 1. The van der Waals surface area contributed by atoms with Gasteiger partial charge in [0, 0.05) is 17.6 Å². The van der Waals surface area contributed by atoms with E-state index in [2.05, 4.69) is 15.9 Å². The van der Waals surface area contributed by atoms with Crippen molar-refractivity contribution in [3.63, 3.8) is 0 Å². The zero-order chi connectivity index (χ0) is 13.5. The van der Waals surface area contributed by atoms with Gasteiger partial charge in [0.15, 0.2) is 5.25 Å². The number of nitrogens with two attached hydrogens (primary N) is 1. The molecule has 0 bridgehead atoms. The molecule has 1 heterocycles. The first-order valence-corrected chi connectivity index (χ1v) is 7.77. The van der Waals surface area contributed by atoms with E-state index in [1.54, 1.807) is 0 Å². The van der Waals surface area contributed by atoms with Gasteiger partial charge in [-0.25, -0.2) is 13.6 Å². The van der Waals surface area contributed by atoms with Crippen molar-refractivity contribution < 1.29 is 13.2 Å². The van der Waals surface area contributed by atoms with Gasteiger partial charge in [0.1, 0.15) is 0 Å². The van der Waals surface area contributed by atoms with Gasteiger partial charge in [0.05, 0.1) is 0 Å². The van der Waals surface area contributed by atoms with Gasteiger partial charge in [0.25, 0.3) is 0 Å². The second kappa shape index (κ2) is 4.64. The SMILES string of the molecule is CC(C(=O)N1Cc2ccc(Br)cc2C1)S(N)(=O)=O. The van der Waals surface area contributed by atoms with Crippen LogP contribution < -0.4 is 5.14 Å². The Bertz CT molecular complexity index is 600. The summed E-state index contributed by atoms with van der Waals surface area (Å²) in [5.41, 5.74) is 2.06. The number of benzene rings is 1. The molecule has 0 radical (unpaired) electrons. The highest BCUT2D eigenvalue weighted by molar-refractivity contribution is 9.10. The summed E-state index contributed by atoms with van der Waals surface area (Å²) in [7, 11) is -3.84. The molecule has 1 amide bonds. The van der Waals surface area contributed by atoms with Crippen molar-refractivity contribution in [2.45, 2.75) is 25.3 Å². The number of primary sulfonamides is 1. The van der Waals surface area contributed by atoms with Crippen LogP contribution in [0.15, 0.2) is 22.7 Å². The normalized spacial score (nSPS) is 16.5. The Kier molecular flexibility index (Phi) is 3.48. The Morgan fingerprint density at radius 2 is 2.00 bits per heavy atom. The molecule has 0 aromatic heterocycles. The minimum absolute atomic E-state index is 0.424. The highest BCUT2D eigenvalue weighted by atomic mass is 79.9. The van der Waals surface area contributed by atoms with E-state index in [9.17, 15) is 13.2 Å². The monoisotopic (exact) mass is 332 g/mol. The maximum atomic E-state index is 12.0. The largest absolute Gasteiger partial charge is 0.333 e. The van der Waals surface area contributed by atoms with Gasteiger partial charge < -0.3 is 4.90 Å². The predicted molar refractivity (Wildman–Crippen MR) is 71.0 cm³/mol. The van der Waals surface area contributed by atoms with E-state index in [1.807, 2.05) is 18.2 Å². The lowest BCUT2D eigenvalue weighted by Crippen LogP contribution is -2.41. The van der Waals surface area contributed by atoms with Crippen molar-refractivity contribution in [2.24, 2.45) is 5.14 Å². The molecule has 2 rings (SSSR count). The van der Waals surface area contributed by atoms with Gasteiger partial charge >= 0.3 is 0 Å². The van der Waals surface area contributed by atoms with E-state index in [4.69, 9.17) is 5.14 Å². The van der Waals surface area contributed by atoms with Gasteiger partial charge in [-0.2, -0.15) is 0 Å². The average molecular weight is 333 g/mol. The molecule has 0 spiro atoms. The first-order valence-electron chi connectivity index (χ1n) is 5.37. The number of amides is 1. The summed E-state index contributed by atoms with van der Waals surface area (Å²) in [5, 5.41) is 3.80. The van der Waals surface area contributed by atoms with Crippen LogP contribution in [0.2, 0.25) is 0 Å². The Hall–Kier alpha value is -0.920. The molecule has 0 saturated heterocycles. The predicted octanol–water partition coefficient (Wildman–Crippen LogP) is 0.968. The number of halogens is 1. The van der Waals surface area contributed by atoms with Gasteiger partial charge in [-0.05, 0) is 30.2 Å². The fourth-order valence-corrected chi connectivity index (χ4v) is 2.76. The van der Waals surface area contributed by atoms with E-state index in [-0.39, 0.29) is 0 Å². The highest BCUT2D eigenvalue weighted by Gasteiger charge is 2.32. The van der Waals surface area contributed by atoms with Gasteiger partial charge in [0.2, 0.25) is 15.9 Å². The molecule has 1 aliphatic rings. The summed E-state index contributed by atoms with van der Waals surface area (Å²) in [5.74, 6) is -0.454. The third-order valence-corrected chi connectivity index (χ3v) is 4.72. The summed E-state index contributed by atoms with van der Waals surface area (Å²) >= 11 is 3.36. The van der Waals surface area contributed by atoms with Crippen LogP contribution in [0.3, 0.4) is 0 Å². The van der Waals surface area contributed by atoms with Gasteiger partial charge in [-0.3, -0.25) is 4.79 Å². The van der Waals surface area contributed by atoms with Crippen molar-refractivity contribution in [3.8, 4) is 0 Å². The number of fused-ring (bicyclic) bond motifs is 1. The van der Waals surface area contributed by atoms with Gasteiger partial charge in [-0.15, -0.1) is 0 Å². The van der Waals surface area contributed by atoms with Crippen LogP contribution in [0, 0.1) is 0 Å². The number of rotatable bonds is 2. The molecule has 1 atom stereocenters. The molecule has 2 N–H and O–H groups in total. The molecule has 1 aromatic rings. The fraction of sp³-hybridized carbons (Fsp3) is 0.364. The maximum Gasteiger partial charge on any atom is 0.242 e. The molecule has 98 valence electrons. The smallest absolute Gasteiger partial charge is 0.242 e. The van der Waals surface area contributed by atoms with E-state index >= 15 is 0 Å². The van der Waals surface area contributed by atoms with E-state index < -0.39 is 21.2 Å². The first kappa shape index (κ1) is 13.5. The van der Waals surface area contributed by atoms with Crippen molar-refractivity contribution in [1.82, 2.24) is 4.90 Å². The minimum Gasteiger partial charge on any atom is -0.333 e. The summed E-state index contributed by atoms with van der Waals surface area (Å²) in [6.45, 7) is 2.17. The van der Waals surface area contributed by atoms with Crippen molar-refractivity contribution in [3.05, 3.63) is 33.8 Å². The Labute approximate surface area is 114 Å². The van der Waals surface area contributed by atoms with Crippen LogP contribution in [0.1, 0.15) is 18.1 Å². The van der Waals surface area contributed by atoms with Gasteiger partial charge in [-0.1, -0.05) is 22.0 Å². The Morgan fingerprint density at radius 3 is 2.61 bits per heavy atom. The molecule has 1 unspecified atom stereocenters. The fourth-order valence-electron chi connectivity index (χ4n) is 1.92. The third kappa shape index (κ3) is 2.57. The number of nitrogens with zero attached hydrogens (tertiary/aromatic N) is 1. The summed E-state index contributed by atoms with van der Waals surface area (Å²) in [6, 6.07) is 5.76. The summed E-state index contributed by atoms with van der Waals surface area (Å²) in [4.78, 5) is 13.5. The van der Waals surface area contributed by atoms with E-state index in [0.29, 0.717) is 13.1 Å². The standard InChI is InChI=1S/C11H13BrN2O3S/c1-7(18(13,16)17)11(15)14-5-8-2-3-10(12)4-9(8)6-14/h2-4,7H,5-6H2,1H3,(H2,13,16,17). The zero-order valence-corrected chi connectivity index (χ0v) is 12.2. The second-order valence-corrected chi connectivity index (χ2v) is 7.14. The molecular weight excluding hydrogens is 320 g/mol. The zero-order valence-electron chi connectivity index (χ0n) is 9.76. The molecule has 18 heavy (non-hydrogen) atoms. The molecule has 5 nitrogen and oxygen atoms in total. The Balaban J connectivity index is 2.19. The Morgan fingerprint density at radius 1 is 1.39 bits per heavy atom. The second-order valence-electron chi connectivity index (χ2n) is 4.34. The summed E-state index contributed by atoms with van der Waals surface area (Å²) in [6.07, 6.45) is 0. The van der Waals surface area contributed by atoms with Crippen LogP contribution in [0.25, 0.3) is 0 Å². The molecule has 0 fully saturated rings. The quantitative estimate of drug-likeness (QED) is 0.876. The molecule has 7 heteroatoms. The maximum absolute atomic E-state index is 12.0. The number of hydrogen-bond donors (Lipinski definition) is 1. The highest BCUT2D eigenvalue weighted by Crippen LogP contribution is 2.26. The van der Waals surface area contributed by atoms with Crippen LogP contribution in [-0.4, -0.2) is 24.5 Å². The third-order valence-electron chi connectivity index (χ3n) is 3.04. The molecule has 0 saturated carbocycles. The van der Waals surface area contributed by atoms with Crippen LogP contribution in [0.5, 0.6) is 0 Å². The minimum atomic E-state index is -3.84. The molecule has 1 aliphatic heterocycles. The summed E-state index contributed by atoms with van der Waals surface area (Å²) < 4.78 is 23.3. The lowest BCUT2D eigenvalue weighted by atomic mass is 10.1.